The normalized spacial score (nSPS) is 21.2. The molecule has 0 amide bonds. The molecule has 0 bridgehead atoms. The SMILES string of the molecule is CCC(C)C(CN)N(CC(F)(F)F)C1CC1. The molecule has 1 fully saturated rings. The van der Waals surface area contributed by atoms with Crippen molar-refractivity contribution in [1.82, 2.24) is 4.90 Å². The van der Waals surface area contributed by atoms with Crippen molar-refractivity contribution >= 4 is 0 Å². The number of nitrogens with zero attached hydrogens (tertiary/aromatic N) is 1. The van der Waals surface area contributed by atoms with Crippen LogP contribution >= 0.6 is 0 Å². The Morgan fingerprint density at radius 2 is 1.94 bits per heavy atom. The van der Waals surface area contributed by atoms with E-state index < -0.39 is 12.7 Å². The molecule has 2 unspecified atom stereocenters. The van der Waals surface area contributed by atoms with Crippen LogP contribution in [-0.4, -0.2) is 36.2 Å². The van der Waals surface area contributed by atoms with Crippen LogP contribution in [0, 0.1) is 5.92 Å². The van der Waals surface area contributed by atoms with Crippen LogP contribution in [0.4, 0.5) is 13.2 Å². The summed E-state index contributed by atoms with van der Waals surface area (Å²) in [6.07, 6.45) is -1.50. The third-order valence-corrected chi connectivity index (χ3v) is 3.35. The molecule has 0 spiro atoms. The second-order valence-corrected chi connectivity index (χ2v) is 4.71. The summed E-state index contributed by atoms with van der Waals surface area (Å²) in [6, 6.07) is -0.0386. The minimum Gasteiger partial charge on any atom is -0.329 e. The van der Waals surface area contributed by atoms with E-state index in [1.54, 1.807) is 4.90 Å². The number of nitrogens with two attached hydrogens (primary N) is 1. The molecule has 96 valence electrons. The summed E-state index contributed by atoms with van der Waals surface area (Å²) in [5.74, 6) is 0.216. The summed E-state index contributed by atoms with van der Waals surface area (Å²) in [6.45, 7) is 3.46. The first-order valence-electron chi connectivity index (χ1n) is 5.91. The lowest BCUT2D eigenvalue weighted by Gasteiger charge is -2.35. The van der Waals surface area contributed by atoms with Crippen LogP contribution in [0.2, 0.25) is 0 Å². The predicted molar refractivity (Wildman–Crippen MR) is 58.1 cm³/mol. The van der Waals surface area contributed by atoms with Crippen molar-refractivity contribution in [1.29, 1.82) is 0 Å². The monoisotopic (exact) mass is 238 g/mol. The molecule has 2 nitrogen and oxygen atoms in total. The van der Waals surface area contributed by atoms with E-state index in [4.69, 9.17) is 5.73 Å². The highest BCUT2D eigenvalue weighted by Gasteiger charge is 2.41. The first-order chi connectivity index (χ1) is 7.39. The summed E-state index contributed by atoms with van der Waals surface area (Å²) < 4.78 is 37.4. The molecule has 0 radical (unpaired) electrons. The third-order valence-electron chi connectivity index (χ3n) is 3.35. The number of halogens is 3. The largest absolute Gasteiger partial charge is 0.401 e. The van der Waals surface area contributed by atoms with Gasteiger partial charge in [0.25, 0.3) is 0 Å². The number of alkyl halides is 3. The van der Waals surface area contributed by atoms with Crippen LogP contribution in [0.25, 0.3) is 0 Å². The molecule has 0 heterocycles. The highest BCUT2D eigenvalue weighted by atomic mass is 19.4. The van der Waals surface area contributed by atoms with E-state index in [1.807, 2.05) is 13.8 Å². The van der Waals surface area contributed by atoms with Gasteiger partial charge in [-0.2, -0.15) is 13.2 Å². The molecule has 2 N–H and O–H groups in total. The van der Waals surface area contributed by atoms with Gasteiger partial charge < -0.3 is 5.73 Å². The van der Waals surface area contributed by atoms with Crippen molar-refractivity contribution < 1.29 is 13.2 Å². The number of hydrogen-bond acceptors (Lipinski definition) is 2. The smallest absolute Gasteiger partial charge is 0.329 e. The molecule has 1 saturated carbocycles. The Bertz CT molecular complexity index is 214. The summed E-state index contributed by atoms with van der Waals surface area (Å²) >= 11 is 0. The Morgan fingerprint density at radius 1 is 1.38 bits per heavy atom. The van der Waals surface area contributed by atoms with E-state index in [1.165, 1.54) is 0 Å². The molecule has 0 aromatic rings. The zero-order chi connectivity index (χ0) is 12.3. The van der Waals surface area contributed by atoms with Crippen molar-refractivity contribution in [2.75, 3.05) is 13.1 Å². The second kappa shape index (κ2) is 5.36. The molecular weight excluding hydrogens is 217 g/mol. The van der Waals surface area contributed by atoms with Crippen LogP contribution in [0.3, 0.4) is 0 Å². The first kappa shape index (κ1) is 13.8. The fourth-order valence-electron chi connectivity index (χ4n) is 2.10. The van der Waals surface area contributed by atoms with Crippen molar-refractivity contribution in [3.8, 4) is 0 Å². The van der Waals surface area contributed by atoms with Gasteiger partial charge in [-0.15, -0.1) is 0 Å². The second-order valence-electron chi connectivity index (χ2n) is 4.71. The Hall–Kier alpha value is -0.290. The lowest BCUT2D eigenvalue weighted by atomic mass is 9.97. The lowest BCUT2D eigenvalue weighted by molar-refractivity contribution is -0.154. The summed E-state index contributed by atoms with van der Waals surface area (Å²) in [5.41, 5.74) is 5.63. The molecule has 1 aliphatic carbocycles. The zero-order valence-electron chi connectivity index (χ0n) is 9.93. The van der Waals surface area contributed by atoms with Crippen LogP contribution in [-0.2, 0) is 0 Å². The summed E-state index contributed by atoms with van der Waals surface area (Å²) in [5, 5.41) is 0. The minimum atomic E-state index is -4.12. The van der Waals surface area contributed by atoms with Gasteiger partial charge in [0.1, 0.15) is 0 Å². The van der Waals surface area contributed by atoms with Crippen molar-refractivity contribution in [2.24, 2.45) is 11.7 Å². The zero-order valence-corrected chi connectivity index (χ0v) is 9.93. The van der Waals surface area contributed by atoms with Gasteiger partial charge in [0, 0.05) is 18.6 Å². The Kier molecular flexibility index (Phi) is 4.62. The standard InChI is InChI=1S/C11H21F3N2/c1-3-8(2)10(6-15)16(9-4-5-9)7-11(12,13)14/h8-10H,3-7,15H2,1-2H3. The molecule has 2 atom stereocenters. The highest BCUT2D eigenvalue weighted by molar-refractivity contribution is 4.91. The Balaban J connectivity index is 2.66. The molecule has 0 aromatic heterocycles. The molecule has 1 aliphatic rings. The van der Waals surface area contributed by atoms with Crippen molar-refractivity contribution in [3.05, 3.63) is 0 Å². The first-order valence-corrected chi connectivity index (χ1v) is 5.91. The molecule has 5 heteroatoms. The predicted octanol–water partition coefficient (Wildman–Crippen LogP) is 2.39. The average Bonchev–Trinajstić information content (AvgIpc) is 2.98. The Morgan fingerprint density at radius 3 is 2.25 bits per heavy atom. The van der Waals surface area contributed by atoms with Gasteiger partial charge in [-0.1, -0.05) is 20.3 Å². The molecular formula is C11H21F3N2. The van der Waals surface area contributed by atoms with Crippen LogP contribution in [0.1, 0.15) is 33.1 Å². The molecule has 16 heavy (non-hydrogen) atoms. The average molecular weight is 238 g/mol. The minimum absolute atomic E-state index is 0.101. The van der Waals surface area contributed by atoms with E-state index in [0.717, 1.165) is 19.3 Å². The topological polar surface area (TPSA) is 29.3 Å². The van der Waals surface area contributed by atoms with Gasteiger partial charge in [-0.05, 0) is 18.8 Å². The van der Waals surface area contributed by atoms with E-state index in [-0.39, 0.29) is 18.0 Å². The maximum absolute atomic E-state index is 12.5. The quantitative estimate of drug-likeness (QED) is 0.770. The molecule has 0 aromatic carbocycles. The summed E-state index contributed by atoms with van der Waals surface area (Å²) in [7, 11) is 0. The van der Waals surface area contributed by atoms with Gasteiger partial charge >= 0.3 is 6.18 Å². The number of hydrogen-bond donors (Lipinski definition) is 1. The lowest BCUT2D eigenvalue weighted by Crippen LogP contribution is -2.49. The van der Waals surface area contributed by atoms with Crippen molar-refractivity contribution in [2.45, 2.75) is 51.4 Å². The van der Waals surface area contributed by atoms with Gasteiger partial charge in [-0.3, -0.25) is 4.90 Å². The summed E-state index contributed by atoms with van der Waals surface area (Å²) in [4.78, 5) is 1.56. The van der Waals surface area contributed by atoms with Crippen molar-refractivity contribution in [3.63, 3.8) is 0 Å². The van der Waals surface area contributed by atoms with Gasteiger partial charge in [0.05, 0.1) is 6.54 Å². The van der Waals surface area contributed by atoms with Crippen LogP contribution in [0.5, 0.6) is 0 Å². The van der Waals surface area contributed by atoms with Crippen LogP contribution < -0.4 is 5.73 Å². The molecule has 0 saturated heterocycles. The van der Waals surface area contributed by atoms with E-state index in [9.17, 15) is 13.2 Å². The maximum atomic E-state index is 12.5. The van der Waals surface area contributed by atoms with Gasteiger partial charge in [-0.25, -0.2) is 0 Å². The Labute approximate surface area is 95.0 Å². The molecule has 0 aliphatic heterocycles. The van der Waals surface area contributed by atoms with E-state index in [2.05, 4.69) is 0 Å². The maximum Gasteiger partial charge on any atom is 0.401 e. The van der Waals surface area contributed by atoms with E-state index >= 15 is 0 Å². The van der Waals surface area contributed by atoms with E-state index in [0.29, 0.717) is 6.54 Å². The van der Waals surface area contributed by atoms with Gasteiger partial charge in [0.15, 0.2) is 0 Å². The molecule has 1 rings (SSSR count). The third kappa shape index (κ3) is 3.94. The van der Waals surface area contributed by atoms with Gasteiger partial charge in [0.2, 0.25) is 0 Å². The van der Waals surface area contributed by atoms with Crippen LogP contribution in [0.15, 0.2) is 0 Å². The fourth-order valence-corrected chi connectivity index (χ4v) is 2.10. The number of rotatable bonds is 6. The highest BCUT2D eigenvalue weighted by Crippen LogP contribution is 2.33. The fraction of sp³-hybridized carbons (Fsp3) is 1.00.